The van der Waals surface area contributed by atoms with Crippen LogP contribution in [0.3, 0.4) is 0 Å². The number of rotatable bonds is 0. The Morgan fingerprint density at radius 3 is 2.33 bits per heavy atom. The van der Waals surface area contributed by atoms with Crippen LogP contribution in [0.15, 0.2) is 6.20 Å². The third-order valence-electron chi connectivity index (χ3n) is 1.77. The molecule has 0 radical (unpaired) electrons. The molecule has 0 spiro atoms. The fourth-order valence-electron chi connectivity index (χ4n) is 0.962. The van der Waals surface area contributed by atoms with Gasteiger partial charge in [0, 0.05) is 18.7 Å². The minimum absolute atomic E-state index is 0.0762. The molecule has 1 heterocycles. The Hall–Kier alpha value is -1.23. The second-order valence-corrected chi connectivity index (χ2v) is 3.95. The quantitative estimate of drug-likeness (QED) is 0.531. The van der Waals surface area contributed by atoms with E-state index in [9.17, 15) is 0 Å². The SMILES string of the molecule is C#Cc1nc(C(C)(C)C)cn1C. The second-order valence-electron chi connectivity index (χ2n) is 3.95. The van der Waals surface area contributed by atoms with E-state index in [1.165, 1.54) is 0 Å². The van der Waals surface area contributed by atoms with Gasteiger partial charge < -0.3 is 4.57 Å². The summed E-state index contributed by atoms with van der Waals surface area (Å²) in [7, 11) is 1.91. The first kappa shape index (κ1) is 8.86. The van der Waals surface area contributed by atoms with Gasteiger partial charge in [-0.25, -0.2) is 4.98 Å². The van der Waals surface area contributed by atoms with Crippen molar-refractivity contribution in [2.45, 2.75) is 26.2 Å². The van der Waals surface area contributed by atoms with Crippen LogP contribution < -0.4 is 0 Å². The van der Waals surface area contributed by atoms with E-state index < -0.39 is 0 Å². The predicted octanol–water partition coefficient (Wildman–Crippen LogP) is 1.70. The smallest absolute Gasteiger partial charge is 0.185 e. The van der Waals surface area contributed by atoms with E-state index >= 15 is 0 Å². The molecule has 2 heteroatoms. The van der Waals surface area contributed by atoms with Crippen LogP contribution in [0, 0.1) is 12.3 Å². The van der Waals surface area contributed by atoms with Crippen molar-refractivity contribution >= 4 is 0 Å². The first-order chi connectivity index (χ1) is 5.45. The van der Waals surface area contributed by atoms with Crippen LogP contribution in [0.25, 0.3) is 0 Å². The lowest BCUT2D eigenvalue weighted by atomic mass is 9.93. The molecular weight excluding hydrogens is 148 g/mol. The number of aryl methyl sites for hydroxylation is 1. The summed E-state index contributed by atoms with van der Waals surface area (Å²) in [4.78, 5) is 4.33. The Kier molecular flexibility index (Phi) is 1.97. The molecule has 0 atom stereocenters. The van der Waals surface area contributed by atoms with Crippen LogP contribution in [0.4, 0.5) is 0 Å². The van der Waals surface area contributed by atoms with E-state index in [2.05, 4.69) is 31.7 Å². The van der Waals surface area contributed by atoms with Crippen LogP contribution in [-0.4, -0.2) is 9.55 Å². The number of aromatic nitrogens is 2. The molecule has 0 aliphatic rings. The van der Waals surface area contributed by atoms with Gasteiger partial charge >= 0.3 is 0 Å². The van der Waals surface area contributed by atoms with Crippen molar-refractivity contribution in [3.05, 3.63) is 17.7 Å². The predicted molar refractivity (Wildman–Crippen MR) is 49.8 cm³/mol. The lowest BCUT2D eigenvalue weighted by Crippen LogP contribution is -2.11. The number of hydrogen-bond acceptors (Lipinski definition) is 1. The highest BCUT2D eigenvalue weighted by Gasteiger charge is 2.17. The van der Waals surface area contributed by atoms with Crippen LogP contribution in [0.1, 0.15) is 32.3 Å². The first-order valence-corrected chi connectivity index (χ1v) is 3.95. The lowest BCUT2D eigenvalue weighted by Gasteiger charge is -2.13. The molecule has 1 aromatic rings. The molecule has 0 aliphatic heterocycles. The van der Waals surface area contributed by atoms with E-state index in [1.807, 2.05) is 17.8 Å². The van der Waals surface area contributed by atoms with Gasteiger partial charge in [0.1, 0.15) is 0 Å². The van der Waals surface area contributed by atoms with Crippen molar-refractivity contribution in [1.29, 1.82) is 0 Å². The molecule has 0 aliphatic carbocycles. The second kappa shape index (κ2) is 2.67. The normalized spacial score (nSPS) is 11.2. The molecule has 2 nitrogen and oxygen atoms in total. The van der Waals surface area contributed by atoms with Crippen molar-refractivity contribution in [3.63, 3.8) is 0 Å². The molecule has 64 valence electrons. The Labute approximate surface area is 73.6 Å². The Morgan fingerprint density at radius 1 is 1.50 bits per heavy atom. The zero-order chi connectivity index (χ0) is 9.35. The minimum atomic E-state index is 0.0762. The van der Waals surface area contributed by atoms with Crippen molar-refractivity contribution in [1.82, 2.24) is 9.55 Å². The zero-order valence-electron chi connectivity index (χ0n) is 8.05. The highest BCUT2D eigenvalue weighted by molar-refractivity contribution is 5.23. The average Bonchev–Trinajstić information content (AvgIpc) is 2.29. The Bertz CT molecular complexity index is 321. The maximum Gasteiger partial charge on any atom is 0.185 e. The van der Waals surface area contributed by atoms with E-state index in [1.54, 1.807) is 0 Å². The molecule has 0 aromatic carbocycles. The summed E-state index contributed by atoms with van der Waals surface area (Å²) in [6.07, 6.45) is 7.26. The Morgan fingerprint density at radius 2 is 2.08 bits per heavy atom. The summed E-state index contributed by atoms with van der Waals surface area (Å²) in [5, 5.41) is 0. The van der Waals surface area contributed by atoms with Crippen molar-refractivity contribution in [2.75, 3.05) is 0 Å². The van der Waals surface area contributed by atoms with Gasteiger partial charge in [0.2, 0.25) is 0 Å². The Balaban J connectivity index is 3.16. The summed E-state index contributed by atoms with van der Waals surface area (Å²) in [5.74, 6) is 3.23. The van der Waals surface area contributed by atoms with E-state index in [0.717, 1.165) is 5.69 Å². The van der Waals surface area contributed by atoms with Crippen LogP contribution in [0.5, 0.6) is 0 Å². The molecule has 0 fully saturated rings. The van der Waals surface area contributed by atoms with Crippen LogP contribution >= 0.6 is 0 Å². The molecule has 12 heavy (non-hydrogen) atoms. The zero-order valence-corrected chi connectivity index (χ0v) is 8.05. The monoisotopic (exact) mass is 162 g/mol. The molecule has 0 bridgehead atoms. The van der Waals surface area contributed by atoms with Crippen molar-refractivity contribution in [3.8, 4) is 12.3 Å². The van der Waals surface area contributed by atoms with Crippen molar-refractivity contribution < 1.29 is 0 Å². The minimum Gasteiger partial charge on any atom is -0.327 e. The molecule has 0 N–H and O–H groups in total. The standard InChI is InChI=1S/C10H14N2/c1-6-9-11-8(7-12(9)5)10(2,3)4/h1,7H,2-5H3. The molecule has 0 saturated heterocycles. The summed E-state index contributed by atoms with van der Waals surface area (Å²) < 4.78 is 1.88. The van der Waals surface area contributed by atoms with Gasteiger partial charge in [-0.05, 0) is 5.92 Å². The molecule has 0 saturated carbocycles. The summed E-state index contributed by atoms with van der Waals surface area (Å²) in [6.45, 7) is 6.36. The number of hydrogen-bond donors (Lipinski definition) is 0. The van der Waals surface area contributed by atoms with Gasteiger partial charge in [-0.15, -0.1) is 6.42 Å². The fourth-order valence-corrected chi connectivity index (χ4v) is 0.962. The summed E-state index contributed by atoms with van der Waals surface area (Å²) >= 11 is 0. The van der Waals surface area contributed by atoms with Gasteiger partial charge in [0.15, 0.2) is 5.82 Å². The molecule has 0 amide bonds. The van der Waals surface area contributed by atoms with Gasteiger partial charge in [-0.1, -0.05) is 20.8 Å². The number of terminal acetylenes is 1. The number of nitrogens with zero attached hydrogens (tertiary/aromatic N) is 2. The van der Waals surface area contributed by atoms with Crippen LogP contribution in [-0.2, 0) is 12.5 Å². The molecule has 1 aromatic heterocycles. The van der Waals surface area contributed by atoms with E-state index in [0.29, 0.717) is 5.82 Å². The van der Waals surface area contributed by atoms with Gasteiger partial charge in [0.05, 0.1) is 5.69 Å². The highest BCUT2D eigenvalue weighted by atomic mass is 15.0. The molecule has 0 unspecified atom stereocenters. The first-order valence-electron chi connectivity index (χ1n) is 3.95. The summed E-state index contributed by atoms with van der Waals surface area (Å²) in [5.41, 5.74) is 1.12. The molecule has 1 rings (SSSR count). The van der Waals surface area contributed by atoms with Crippen LogP contribution in [0.2, 0.25) is 0 Å². The highest BCUT2D eigenvalue weighted by Crippen LogP contribution is 2.20. The van der Waals surface area contributed by atoms with Gasteiger partial charge in [0.25, 0.3) is 0 Å². The summed E-state index contributed by atoms with van der Waals surface area (Å²) in [6, 6.07) is 0. The van der Waals surface area contributed by atoms with Crippen molar-refractivity contribution in [2.24, 2.45) is 7.05 Å². The molecular formula is C10H14N2. The maximum absolute atomic E-state index is 5.27. The van der Waals surface area contributed by atoms with Gasteiger partial charge in [-0.2, -0.15) is 0 Å². The lowest BCUT2D eigenvalue weighted by molar-refractivity contribution is 0.571. The van der Waals surface area contributed by atoms with E-state index in [-0.39, 0.29) is 5.41 Å². The van der Waals surface area contributed by atoms with Gasteiger partial charge in [-0.3, -0.25) is 0 Å². The average molecular weight is 162 g/mol. The topological polar surface area (TPSA) is 17.8 Å². The number of imidazole rings is 1. The van der Waals surface area contributed by atoms with E-state index in [4.69, 9.17) is 6.42 Å². The third-order valence-corrected chi connectivity index (χ3v) is 1.77. The third kappa shape index (κ3) is 1.50. The largest absolute Gasteiger partial charge is 0.327 e. The fraction of sp³-hybridized carbons (Fsp3) is 0.500. The maximum atomic E-state index is 5.27.